The summed E-state index contributed by atoms with van der Waals surface area (Å²) in [4.78, 5) is 5.81. The molecule has 3 aromatic carbocycles. The molecule has 9 nitrogen and oxygen atoms in total. The average molecular weight is 1480 g/mol. The number of benzene rings is 3. The largest absolute Gasteiger partial charge is 2.00 e. The van der Waals surface area contributed by atoms with E-state index in [-0.39, 0.29) is 86.2 Å². The Morgan fingerprint density at radius 2 is 0.883 bits per heavy atom. The summed E-state index contributed by atoms with van der Waals surface area (Å²) in [6, 6.07) is 34.1. The van der Waals surface area contributed by atoms with Crippen molar-refractivity contribution in [1.29, 1.82) is 0 Å². The van der Waals surface area contributed by atoms with E-state index in [1.54, 1.807) is 19.3 Å². The van der Waals surface area contributed by atoms with Crippen molar-refractivity contribution >= 4 is 129 Å². The minimum absolute atomic E-state index is 0. The molecule has 0 aromatic heterocycles. The van der Waals surface area contributed by atoms with E-state index >= 15 is 0 Å². The third kappa shape index (κ3) is 34.8. The molecule has 2 aliphatic heterocycles. The summed E-state index contributed by atoms with van der Waals surface area (Å²) >= 11 is 16.6. The van der Waals surface area contributed by atoms with Crippen molar-refractivity contribution in [3.05, 3.63) is 125 Å². The molecule has 77 heavy (non-hydrogen) atoms. The normalized spacial score (nSPS) is 28.7. The number of nitrogens with zero attached hydrogens (tertiary/aromatic N) is 6. The summed E-state index contributed by atoms with van der Waals surface area (Å²) in [5, 5.41) is 20.4. The van der Waals surface area contributed by atoms with Crippen LogP contribution in [0.4, 0.5) is 0 Å². The smallest absolute Gasteiger partial charge is 1.00 e. The first kappa shape index (κ1) is 78.3. The Balaban J connectivity index is 0.000000877. The van der Waals surface area contributed by atoms with Gasteiger partial charge in [0.2, 0.25) is 0 Å². The molecule has 9 aliphatic rings. The van der Waals surface area contributed by atoms with Crippen LogP contribution in [-0.2, 0) is 4.74 Å². The zero-order valence-electron chi connectivity index (χ0n) is 46.8. The number of aliphatic hydroxyl groups excluding tert-OH is 1. The Bertz CT molecular complexity index is 1760. The van der Waals surface area contributed by atoms with Gasteiger partial charge in [-0.2, -0.15) is 0 Å². The number of rotatable bonds is 4. The Kier molecular flexibility index (Phi) is 48.3. The summed E-state index contributed by atoms with van der Waals surface area (Å²) in [5.74, 6) is 4.25. The van der Waals surface area contributed by atoms with Crippen LogP contribution in [0, 0.1) is 31.1 Å². The first-order valence-corrected chi connectivity index (χ1v) is 33.6. The molecule has 8 unspecified atom stereocenters. The third-order valence-corrected chi connectivity index (χ3v) is 20.6. The molecular weight excluding hydrogens is 1400 g/mol. The van der Waals surface area contributed by atoms with E-state index in [1.165, 1.54) is 148 Å². The van der Waals surface area contributed by atoms with E-state index in [2.05, 4.69) is 199 Å². The number of epoxide rings is 1. The molecule has 7 aliphatic carbocycles. The van der Waals surface area contributed by atoms with Crippen LogP contribution < -0.4 is 67.8 Å². The van der Waals surface area contributed by atoms with Crippen LogP contribution in [0.2, 0.25) is 0 Å². The molecule has 0 radical (unpaired) electrons. The minimum atomic E-state index is -0.446. The number of nitrogens with one attached hydrogen (secondary N) is 1. The predicted molar refractivity (Wildman–Crippen MR) is 344 cm³/mol. The predicted octanol–water partition coefficient (Wildman–Crippen LogP) is 12.5. The molecule has 12 atom stereocenters. The third-order valence-electron chi connectivity index (χ3n) is 15.4. The number of hydrogen-bond acceptors (Lipinski definition) is 4. The van der Waals surface area contributed by atoms with Crippen molar-refractivity contribution < 1.29 is 56.4 Å². The van der Waals surface area contributed by atoms with Gasteiger partial charge in [-0.15, -0.1) is 47.3 Å². The quantitative estimate of drug-likeness (QED) is 0.0389. The minimum Gasteiger partial charge on any atom is -1.00 e. The first-order valence-electron chi connectivity index (χ1n) is 27.7. The number of halogens is 6. The fourth-order valence-electron chi connectivity index (χ4n) is 10.7. The van der Waals surface area contributed by atoms with Gasteiger partial charge in [-0.05, 0) is 124 Å². The maximum atomic E-state index is 9.24. The number of aliphatic hydroxyl groups is 1. The zero-order chi connectivity index (χ0) is 52.6. The van der Waals surface area contributed by atoms with Crippen LogP contribution in [0.1, 0.15) is 174 Å². The Morgan fingerprint density at radius 3 is 1.18 bits per heavy atom. The molecule has 2 N–H and O–H groups in total. The molecule has 0 amide bonds. The maximum absolute atomic E-state index is 9.24. The van der Waals surface area contributed by atoms with Crippen LogP contribution in [0.15, 0.2) is 96.1 Å². The van der Waals surface area contributed by atoms with Gasteiger partial charge in [-0.3, -0.25) is 4.91 Å². The van der Waals surface area contributed by atoms with Gasteiger partial charge in [-0.1, -0.05) is 232 Å². The van der Waals surface area contributed by atoms with Crippen molar-refractivity contribution in [2.45, 2.75) is 220 Å². The molecule has 9 fully saturated rings. The number of alkyl halides is 2. The fourth-order valence-corrected chi connectivity index (χ4v) is 14.2. The maximum Gasteiger partial charge on any atom is 2.00 e. The van der Waals surface area contributed by atoms with Crippen molar-refractivity contribution in [1.82, 2.24) is 5.32 Å². The van der Waals surface area contributed by atoms with E-state index in [4.69, 9.17) is 21.3 Å². The summed E-state index contributed by atoms with van der Waals surface area (Å²) in [7, 11) is -0.446. The van der Waals surface area contributed by atoms with Crippen LogP contribution in [0.5, 0.6) is 0 Å². The van der Waals surface area contributed by atoms with Gasteiger partial charge in [-0.25, -0.2) is 0 Å². The summed E-state index contributed by atoms with van der Waals surface area (Å²) in [6.07, 6.45) is 35.2. The van der Waals surface area contributed by atoms with Gasteiger partial charge >= 0.3 is 55.8 Å². The number of hydrogen-bond donors (Lipinski definition) is 2. The molecule has 2 saturated heterocycles. The Labute approximate surface area is 558 Å². The molecule has 12 rings (SSSR count). The van der Waals surface area contributed by atoms with Gasteiger partial charge in [0.25, 0.3) is 0 Å². The topological polar surface area (TPSA) is 162 Å². The van der Waals surface area contributed by atoms with E-state index in [9.17, 15) is 5.11 Å². The number of ether oxygens (including phenoxy) is 1. The molecule has 2 heterocycles. The van der Waals surface area contributed by atoms with E-state index in [0.29, 0.717) is 12.2 Å². The van der Waals surface area contributed by atoms with Crippen LogP contribution >= 0.6 is 87.1 Å². The van der Waals surface area contributed by atoms with Crippen LogP contribution in [0.25, 0.3) is 26.4 Å². The number of fused-ring (bicyclic) bond motifs is 3. The van der Waals surface area contributed by atoms with Crippen molar-refractivity contribution in [3.63, 3.8) is 0 Å². The van der Waals surface area contributed by atoms with Gasteiger partial charge in [0.1, 0.15) is 0 Å². The number of azide groups is 1. The van der Waals surface area contributed by atoms with Gasteiger partial charge in [0.15, 0.2) is 0 Å². The Morgan fingerprint density at radius 1 is 0.558 bits per heavy atom. The summed E-state index contributed by atoms with van der Waals surface area (Å²) in [5.41, 5.74) is 21.6. The zero-order valence-corrected chi connectivity index (χ0v) is 60.6. The van der Waals surface area contributed by atoms with Gasteiger partial charge in [0.05, 0.1) is 24.4 Å². The second-order valence-corrected chi connectivity index (χ2v) is 32.1. The van der Waals surface area contributed by atoms with E-state index < -0.39 is 14.0 Å². The monoisotopic (exact) mass is 1480 g/mol. The van der Waals surface area contributed by atoms with Crippen LogP contribution in [-0.4, -0.2) is 77.4 Å². The second-order valence-electron chi connectivity index (χ2n) is 21.1. The average Bonchev–Trinajstić information content (AvgIpc) is 4.31. The molecule has 0 spiro atoms. The summed E-state index contributed by atoms with van der Waals surface area (Å²) < 4.78 is 5.55. The molecule has 420 valence electrons. The second kappa shape index (κ2) is 47.5. The van der Waals surface area contributed by atoms with E-state index in [0.717, 1.165) is 59.3 Å². The molecule has 0 bridgehead atoms. The molecule has 7 saturated carbocycles. The summed E-state index contributed by atoms with van der Waals surface area (Å²) in [6.45, 7) is 4.66. The van der Waals surface area contributed by atoms with Crippen molar-refractivity contribution in [2.24, 2.45) is 28.8 Å². The molecule has 3 aromatic rings. The molecule has 19 heteroatoms. The standard InChI is InChI=1S/C18H15P.2C7H13Br.C7H12.C6H11N3O.C6H11N.C6H10O.CH3.BBr3.BrH.Mg.N3.Na/c1-4-10-16(11-5-1)19(17-12-6-2-7-13-17)18-14-8-3-9-15-18;2*1-6-4-2-3-5-7(6)8;1-2-4-7-5-6(7)3-1;7-9-8-5-3-1-2-4-6(5)10;2*1-2-4-6-5(3-1)7-6;;2-1(3)4;;;1-3-2;/h1-15H;2*6-7H,2-5H2,1H3;6-7H,1-5H2;5-6,10H,1-4H2;5-7H,1-4H2;5-6H,1-4H2;1H3;;1H;;;/q;;;;;;;-1;;;+2;-1;+1/p-1/t;2*6-,7-;;;;;;;;;;/m.00........../s1. The Hall–Kier alpha value is 1.30. The van der Waals surface area contributed by atoms with Gasteiger partial charge in [0, 0.05) is 26.6 Å². The van der Waals surface area contributed by atoms with Crippen LogP contribution in [0.3, 0.4) is 0 Å². The fraction of sp³-hybridized carbons (Fsp3) is 0.672. The molecular formula is C58H88BBr6MgN7NaO2P. The van der Waals surface area contributed by atoms with Gasteiger partial charge < -0.3 is 50.6 Å². The SMILES string of the molecule is BrB(Br)Br.C1CCC2CC2C1.C1CCC2NC2C1.C1CCC2OC2C1.C[C@H]1CCCC[C@@H]1Br.C[C@H]1CCCC[C@@H]1Br.[Br-].[CH3-].[Mg+2].[N-]=[N+]=NC1CCCCC1O.[N-]=[N+]=[N-].[Na+].c1ccc(P(c2ccccc2)c2ccccc2)cc1. The van der Waals surface area contributed by atoms with Crippen molar-refractivity contribution in [3.8, 4) is 0 Å². The van der Waals surface area contributed by atoms with Crippen molar-refractivity contribution in [2.75, 3.05) is 0 Å². The first-order chi connectivity index (χ1) is 35.4. The van der Waals surface area contributed by atoms with E-state index in [1.807, 2.05) is 0 Å².